The summed E-state index contributed by atoms with van der Waals surface area (Å²) < 4.78 is 29.8. The van der Waals surface area contributed by atoms with Crippen LogP contribution >= 0.6 is 0 Å². The van der Waals surface area contributed by atoms with Crippen LogP contribution in [0.25, 0.3) is 10.9 Å². The number of pyridine rings is 1. The third kappa shape index (κ3) is 1.43. The Morgan fingerprint density at radius 2 is 2.07 bits per heavy atom. The van der Waals surface area contributed by atoms with Gasteiger partial charge < -0.3 is 15.3 Å². The van der Waals surface area contributed by atoms with Gasteiger partial charge >= 0.3 is 5.97 Å². The molecule has 0 unspecified atom stereocenters. The topological polar surface area (TPSA) is 90.7 Å². The summed E-state index contributed by atoms with van der Waals surface area (Å²) in [6.07, 6.45) is 0. The summed E-state index contributed by atoms with van der Waals surface area (Å²) in [4.78, 5) is 14.3. The van der Waals surface area contributed by atoms with Crippen LogP contribution in [0.2, 0.25) is 0 Å². The molecule has 0 atom stereocenters. The van der Waals surface area contributed by atoms with Crippen molar-refractivity contribution in [3.8, 4) is 11.5 Å². The average molecular weight is 209 g/mol. The van der Waals surface area contributed by atoms with E-state index in [1.54, 1.807) is 0 Å². The molecule has 5 nitrogen and oxygen atoms in total. The van der Waals surface area contributed by atoms with Gasteiger partial charge in [-0.15, -0.1) is 0 Å². The molecule has 3 N–H and O–H groups in total. The highest BCUT2D eigenvalue weighted by Crippen LogP contribution is 2.29. The summed E-state index contributed by atoms with van der Waals surface area (Å²) in [7, 11) is 0. The summed E-state index contributed by atoms with van der Waals surface area (Å²) >= 11 is 0. The van der Waals surface area contributed by atoms with Crippen LogP contribution in [0, 0.1) is 0 Å². The van der Waals surface area contributed by atoms with E-state index < -0.39 is 58.2 Å². The Kier molecular flexibility index (Phi) is 1.16. The predicted octanol–water partition coefficient (Wildman–Crippen LogP) is 1.34. The number of phenolic OH excluding ortho intramolecular Hbond substituents is 1. The number of rotatable bonds is 1. The van der Waals surface area contributed by atoms with E-state index in [4.69, 9.17) is 10.6 Å². The van der Waals surface area contributed by atoms with Gasteiger partial charge in [-0.1, -0.05) is 6.04 Å². The second kappa shape index (κ2) is 3.13. The number of carboxylic acid groups (broad SMARTS) is 1. The summed E-state index contributed by atoms with van der Waals surface area (Å²) in [5, 5.41) is 27.8. The number of aromatic hydroxyl groups is 2. The molecule has 0 aliphatic heterocycles. The van der Waals surface area contributed by atoms with E-state index in [0.717, 1.165) is 0 Å². The van der Waals surface area contributed by atoms with Crippen molar-refractivity contribution in [2.75, 3.05) is 0 Å². The molecular weight excluding hydrogens is 198 g/mol. The van der Waals surface area contributed by atoms with E-state index in [1.165, 1.54) is 0 Å². The third-order valence-corrected chi connectivity index (χ3v) is 1.73. The lowest BCUT2D eigenvalue weighted by molar-refractivity contribution is 0.0690. The molecule has 5 heteroatoms. The Bertz CT molecular complexity index is 732. The van der Waals surface area contributed by atoms with Crippen molar-refractivity contribution in [1.82, 2.24) is 4.98 Å². The van der Waals surface area contributed by atoms with Crippen molar-refractivity contribution < 1.29 is 25.6 Å². The maximum atomic E-state index is 10.9. The average Bonchev–Trinajstić information content (AvgIpc) is 2.36. The van der Waals surface area contributed by atoms with E-state index in [9.17, 15) is 15.0 Å². The van der Waals surface area contributed by atoms with E-state index in [2.05, 4.69) is 4.98 Å². The summed E-state index contributed by atoms with van der Waals surface area (Å²) in [5.74, 6) is -3.26. The van der Waals surface area contributed by atoms with Crippen molar-refractivity contribution in [1.29, 1.82) is 0 Å². The van der Waals surface area contributed by atoms with Gasteiger partial charge in [-0.3, -0.25) is 0 Å². The summed E-state index contributed by atoms with van der Waals surface area (Å²) in [6, 6.07) is -2.76. The van der Waals surface area contributed by atoms with Crippen molar-refractivity contribution >= 4 is 16.9 Å². The Morgan fingerprint density at radius 3 is 2.73 bits per heavy atom. The van der Waals surface area contributed by atoms with E-state index in [0.29, 0.717) is 0 Å². The number of benzene rings is 1. The first-order valence-electron chi connectivity index (χ1n) is 5.82. The first-order chi connectivity index (χ1) is 8.77. The van der Waals surface area contributed by atoms with E-state index >= 15 is 0 Å². The standard InChI is InChI=1S/C10H7NO4/c12-7-3-1-2-5-8(13)4-6(10(14)15)11-9(5)7/h1-4,12H,(H,11,13)(H,14,15)/i1D,2D,3D,4D. The fraction of sp³-hybridized carbons (Fsp3) is 0. The zero-order chi connectivity index (χ0) is 14.5. The predicted molar refractivity (Wildman–Crippen MR) is 52.0 cm³/mol. The molecule has 0 spiro atoms. The number of aromatic carboxylic acids is 1. The van der Waals surface area contributed by atoms with Crippen LogP contribution in [0.15, 0.2) is 24.2 Å². The van der Waals surface area contributed by atoms with Crippen LogP contribution < -0.4 is 0 Å². The maximum Gasteiger partial charge on any atom is 0.354 e. The number of hydrogen-bond acceptors (Lipinski definition) is 4. The van der Waals surface area contributed by atoms with Gasteiger partial charge in [0.15, 0.2) is 5.69 Å². The number of carbonyl (C=O) groups is 1. The van der Waals surface area contributed by atoms with E-state index in [1.807, 2.05) is 0 Å². The molecule has 0 saturated heterocycles. The quantitative estimate of drug-likeness (QED) is 0.659. The molecule has 2 rings (SSSR count). The highest BCUT2D eigenvalue weighted by Gasteiger charge is 2.11. The largest absolute Gasteiger partial charge is 0.507 e. The van der Waals surface area contributed by atoms with Gasteiger partial charge in [0.25, 0.3) is 0 Å². The molecule has 1 heterocycles. The van der Waals surface area contributed by atoms with Crippen LogP contribution in [0.4, 0.5) is 0 Å². The fourth-order valence-electron chi connectivity index (χ4n) is 1.09. The SMILES string of the molecule is [2H]c1c([2H])c([2H])c2c(O)c([2H])c(C(=O)O)nc2c1O. The van der Waals surface area contributed by atoms with Crippen molar-refractivity contribution in [2.24, 2.45) is 0 Å². The lowest BCUT2D eigenvalue weighted by Gasteiger charge is -2.03. The maximum absolute atomic E-state index is 10.9. The van der Waals surface area contributed by atoms with Gasteiger partial charge in [-0.05, 0) is 12.1 Å². The van der Waals surface area contributed by atoms with Crippen molar-refractivity contribution in [3.05, 3.63) is 29.9 Å². The molecular formula is C10H7NO4. The van der Waals surface area contributed by atoms with Crippen LogP contribution in [-0.4, -0.2) is 26.3 Å². The summed E-state index contributed by atoms with van der Waals surface area (Å²) in [5.41, 5.74) is -1.30. The number of para-hydroxylation sites is 1. The first-order valence-corrected chi connectivity index (χ1v) is 3.82. The molecule has 2 aromatic rings. The van der Waals surface area contributed by atoms with Crippen LogP contribution in [-0.2, 0) is 0 Å². The van der Waals surface area contributed by atoms with Gasteiger partial charge in [0.2, 0.25) is 0 Å². The minimum atomic E-state index is -1.59. The van der Waals surface area contributed by atoms with Crippen LogP contribution in [0.5, 0.6) is 11.5 Å². The lowest BCUT2D eigenvalue weighted by atomic mass is 10.1. The Morgan fingerprint density at radius 1 is 1.33 bits per heavy atom. The molecule has 15 heavy (non-hydrogen) atoms. The Balaban J connectivity index is 3.10. The first kappa shape index (κ1) is 5.55. The molecule has 0 bridgehead atoms. The molecule has 0 aliphatic rings. The van der Waals surface area contributed by atoms with Gasteiger partial charge in [-0.2, -0.15) is 0 Å². The normalized spacial score (nSPS) is 14.1. The Hall–Kier alpha value is -2.30. The molecule has 1 aromatic heterocycles. The molecule has 0 saturated carbocycles. The third-order valence-electron chi connectivity index (χ3n) is 1.73. The van der Waals surface area contributed by atoms with Gasteiger partial charge in [-0.25, -0.2) is 9.78 Å². The molecule has 0 fully saturated rings. The lowest BCUT2D eigenvalue weighted by Crippen LogP contribution is -2.00. The van der Waals surface area contributed by atoms with Gasteiger partial charge in [0.1, 0.15) is 17.0 Å². The zero-order valence-electron chi connectivity index (χ0n) is 11.2. The molecule has 0 amide bonds. The molecule has 1 aromatic carbocycles. The highest BCUT2D eigenvalue weighted by molar-refractivity contribution is 5.95. The second-order valence-corrected chi connectivity index (χ2v) is 2.69. The molecule has 0 aliphatic carbocycles. The monoisotopic (exact) mass is 209 g/mol. The van der Waals surface area contributed by atoms with Gasteiger partial charge in [0.05, 0.1) is 5.48 Å². The van der Waals surface area contributed by atoms with Crippen molar-refractivity contribution in [2.45, 2.75) is 0 Å². The number of fused-ring (bicyclic) bond motifs is 1. The Labute approximate surface area is 89.9 Å². The highest BCUT2D eigenvalue weighted by atomic mass is 16.4. The van der Waals surface area contributed by atoms with Crippen LogP contribution in [0.3, 0.4) is 0 Å². The molecule has 76 valence electrons. The number of hydrogen-bond donors (Lipinski definition) is 3. The van der Waals surface area contributed by atoms with Crippen LogP contribution in [0.1, 0.15) is 16.0 Å². The number of aromatic nitrogens is 1. The zero-order valence-corrected chi connectivity index (χ0v) is 7.20. The van der Waals surface area contributed by atoms with E-state index in [-0.39, 0.29) is 0 Å². The van der Waals surface area contributed by atoms with Gasteiger partial charge in [0, 0.05) is 11.4 Å². The number of nitrogens with zero attached hydrogens (tertiary/aromatic N) is 1. The van der Waals surface area contributed by atoms with Crippen molar-refractivity contribution in [3.63, 3.8) is 0 Å². The summed E-state index contributed by atoms with van der Waals surface area (Å²) in [6.45, 7) is 0. The number of phenols is 1. The smallest absolute Gasteiger partial charge is 0.354 e. The second-order valence-electron chi connectivity index (χ2n) is 2.69. The minimum absolute atomic E-state index is 0.423. The fourth-order valence-corrected chi connectivity index (χ4v) is 1.09. The minimum Gasteiger partial charge on any atom is -0.507 e. The number of carboxylic acids is 1. The molecule has 0 radical (unpaired) electrons.